The number of benzene rings is 2. The minimum absolute atomic E-state index is 0.00913. The number of halogens is 3. The number of hydrogen-bond donors (Lipinski definition) is 1. The Morgan fingerprint density at radius 1 is 1.19 bits per heavy atom. The van der Waals surface area contributed by atoms with Gasteiger partial charge in [-0.05, 0) is 36.2 Å². The highest BCUT2D eigenvalue weighted by molar-refractivity contribution is 6.34. The molecule has 1 N–H and O–H groups in total. The number of amides is 1. The van der Waals surface area contributed by atoms with E-state index in [-0.39, 0.29) is 10.9 Å². The predicted molar refractivity (Wildman–Crippen MR) is 83.2 cm³/mol. The molecule has 0 aromatic heterocycles. The van der Waals surface area contributed by atoms with Gasteiger partial charge in [0.15, 0.2) is 0 Å². The minimum Gasteiger partial charge on any atom is -0.321 e. The molecule has 0 unspecified atom stereocenters. The summed E-state index contributed by atoms with van der Waals surface area (Å²) in [5, 5.41) is 3.31. The predicted octanol–water partition coefficient (Wildman–Crippen LogP) is 4.71. The van der Waals surface area contributed by atoms with Crippen molar-refractivity contribution in [3.8, 4) is 0 Å². The number of nitrogens with one attached hydrogen (secondary N) is 1. The van der Waals surface area contributed by atoms with Gasteiger partial charge in [-0.15, -0.1) is 0 Å². The molecule has 0 spiro atoms. The van der Waals surface area contributed by atoms with Gasteiger partial charge < -0.3 is 5.32 Å². The first-order valence-electron chi connectivity index (χ1n) is 6.30. The van der Waals surface area contributed by atoms with E-state index in [1.807, 2.05) is 18.2 Å². The maximum Gasteiger partial charge on any atom is 0.256 e. The van der Waals surface area contributed by atoms with Crippen LogP contribution in [0.25, 0.3) is 5.57 Å². The molecule has 5 heteroatoms. The Morgan fingerprint density at radius 2 is 2.00 bits per heavy atom. The third kappa shape index (κ3) is 2.80. The van der Waals surface area contributed by atoms with E-state index < -0.39 is 5.82 Å². The fraction of sp³-hybridized carbons (Fsp3) is 0.0625. The normalized spacial score (nSPS) is 15.2. The van der Waals surface area contributed by atoms with Gasteiger partial charge in [0.25, 0.3) is 5.91 Å². The summed E-state index contributed by atoms with van der Waals surface area (Å²) in [5.74, 6) is -0.797. The van der Waals surface area contributed by atoms with Crippen LogP contribution in [0.2, 0.25) is 10.0 Å². The molecule has 0 saturated carbocycles. The van der Waals surface area contributed by atoms with Gasteiger partial charge in [-0.1, -0.05) is 41.4 Å². The lowest BCUT2D eigenvalue weighted by molar-refractivity contribution is -0.110. The molecule has 106 valence electrons. The molecule has 21 heavy (non-hydrogen) atoms. The number of anilines is 1. The molecule has 0 atom stereocenters. The van der Waals surface area contributed by atoms with Gasteiger partial charge in [-0.3, -0.25) is 4.79 Å². The van der Waals surface area contributed by atoms with E-state index in [1.165, 1.54) is 12.1 Å². The Labute approximate surface area is 131 Å². The second-order valence-corrected chi connectivity index (χ2v) is 5.56. The zero-order valence-corrected chi connectivity index (χ0v) is 12.3. The molecule has 2 aromatic carbocycles. The quantitative estimate of drug-likeness (QED) is 0.797. The highest BCUT2D eigenvalue weighted by Crippen LogP contribution is 2.35. The molecule has 2 nitrogen and oxygen atoms in total. The van der Waals surface area contributed by atoms with Gasteiger partial charge in [0.2, 0.25) is 0 Å². The van der Waals surface area contributed by atoms with Crippen molar-refractivity contribution in [2.24, 2.45) is 0 Å². The Kier molecular flexibility index (Phi) is 3.70. The molecular formula is C16H10Cl2FNO. The SMILES string of the molecule is O=C1Nc2cc(Cl)c(F)cc2/C1=C\Cc1cccc(Cl)c1. The highest BCUT2D eigenvalue weighted by atomic mass is 35.5. The summed E-state index contributed by atoms with van der Waals surface area (Å²) in [6, 6.07) is 10.1. The van der Waals surface area contributed by atoms with Crippen LogP contribution in [-0.2, 0) is 11.2 Å². The Hall–Kier alpha value is -1.84. The third-order valence-corrected chi connectivity index (χ3v) is 3.80. The van der Waals surface area contributed by atoms with Crippen molar-refractivity contribution in [1.29, 1.82) is 0 Å². The zero-order chi connectivity index (χ0) is 15.0. The van der Waals surface area contributed by atoms with E-state index in [9.17, 15) is 9.18 Å². The van der Waals surface area contributed by atoms with Crippen molar-refractivity contribution in [3.05, 3.63) is 69.5 Å². The monoisotopic (exact) mass is 321 g/mol. The number of rotatable bonds is 2. The van der Waals surface area contributed by atoms with Gasteiger partial charge >= 0.3 is 0 Å². The Morgan fingerprint density at radius 3 is 2.76 bits per heavy atom. The number of carbonyl (C=O) groups excluding carboxylic acids is 1. The first kappa shape index (κ1) is 14.1. The summed E-state index contributed by atoms with van der Waals surface area (Å²) in [4.78, 5) is 12.0. The third-order valence-electron chi connectivity index (χ3n) is 3.27. The molecular weight excluding hydrogens is 312 g/mol. The molecule has 0 bridgehead atoms. The minimum atomic E-state index is -0.541. The van der Waals surface area contributed by atoms with Crippen molar-refractivity contribution in [3.63, 3.8) is 0 Å². The summed E-state index contributed by atoms with van der Waals surface area (Å²) in [5.41, 5.74) is 2.49. The molecule has 0 fully saturated rings. The van der Waals surface area contributed by atoms with Crippen LogP contribution < -0.4 is 5.32 Å². The highest BCUT2D eigenvalue weighted by Gasteiger charge is 2.25. The summed E-state index contributed by atoms with van der Waals surface area (Å²) in [6.07, 6.45) is 2.30. The topological polar surface area (TPSA) is 29.1 Å². The van der Waals surface area contributed by atoms with Crippen LogP contribution in [0, 0.1) is 5.82 Å². The Balaban J connectivity index is 1.95. The van der Waals surface area contributed by atoms with Crippen LogP contribution in [0.5, 0.6) is 0 Å². The van der Waals surface area contributed by atoms with Gasteiger partial charge in [0, 0.05) is 16.2 Å². The zero-order valence-electron chi connectivity index (χ0n) is 10.8. The number of allylic oxidation sites excluding steroid dienone is 1. The molecule has 0 radical (unpaired) electrons. The lowest BCUT2D eigenvalue weighted by Crippen LogP contribution is -2.04. The largest absolute Gasteiger partial charge is 0.321 e. The van der Waals surface area contributed by atoms with E-state index in [0.717, 1.165) is 5.56 Å². The van der Waals surface area contributed by atoms with E-state index in [1.54, 1.807) is 12.1 Å². The second kappa shape index (κ2) is 5.51. The van der Waals surface area contributed by atoms with Crippen molar-refractivity contribution < 1.29 is 9.18 Å². The van der Waals surface area contributed by atoms with Crippen LogP contribution in [-0.4, -0.2) is 5.91 Å². The van der Waals surface area contributed by atoms with Gasteiger partial charge in [0.1, 0.15) is 5.82 Å². The fourth-order valence-corrected chi connectivity index (χ4v) is 2.65. The molecule has 1 aliphatic rings. The average molecular weight is 322 g/mol. The standard InChI is InChI=1S/C16H10Cl2FNO/c17-10-3-1-2-9(6-10)4-5-11-12-7-14(19)13(18)8-15(12)20-16(11)21/h1-3,5-8H,4H2,(H,20,21)/b11-5+. The van der Waals surface area contributed by atoms with Crippen molar-refractivity contribution in [2.75, 3.05) is 5.32 Å². The number of fused-ring (bicyclic) bond motifs is 1. The van der Waals surface area contributed by atoms with E-state index in [4.69, 9.17) is 23.2 Å². The first-order chi connectivity index (χ1) is 10.0. The van der Waals surface area contributed by atoms with Crippen molar-refractivity contribution in [1.82, 2.24) is 0 Å². The second-order valence-electron chi connectivity index (χ2n) is 4.72. The molecule has 1 amide bonds. The smallest absolute Gasteiger partial charge is 0.256 e. The Bertz CT molecular complexity index is 771. The number of hydrogen-bond acceptors (Lipinski definition) is 1. The maximum absolute atomic E-state index is 13.6. The molecule has 1 aliphatic heterocycles. The van der Waals surface area contributed by atoms with E-state index in [0.29, 0.717) is 28.3 Å². The van der Waals surface area contributed by atoms with Crippen LogP contribution >= 0.6 is 23.2 Å². The maximum atomic E-state index is 13.6. The fourth-order valence-electron chi connectivity index (χ4n) is 2.27. The summed E-state index contributed by atoms with van der Waals surface area (Å²) >= 11 is 11.6. The lowest BCUT2D eigenvalue weighted by Gasteiger charge is -2.01. The van der Waals surface area contributed by atoms with Crippen LogP contribution in [0.15, 0.2) is 42.5 Å². The van der Waals surface area contributed by atoms with Crippen LogP contribution in [0.1, 0.15) is 11.1 Å². The van der Waals surface area contributed by atoms with Gasteiger partial charge in [-0.25, -0.2) is 4.39 Å². The van der Waals surface area contributed by atoms with E-state index in [2.05, 4.69) is 5.32 Å². The molecule has 0 saturated heterocycles. The average Bonchev–Trinajstić information content (AvgIpc) is 2.72. The lowest BCUT2D eigenvalue weighted by atomic mass is 10.0. The molecule has 0 aliphatic carbocycles. The van der Waals surface area contributed by atoms with E-state index >= 15 is 0 Å². The van der Waals surface area contributed by atoms with Crippen molar-refractivity contribution >= 4 is 40.4 Å². The van der Waals surface area contributed by atoms with Crippen LogP contribution in [0.3, 0.4) is 0 Å². The van der Waals surface area contributed by atoms with Gasteiger partial charge in [-0.2, -0.15) is 0 Å². The van der Waals surface area contributed by atoms with Gasteiger partial charge in [0.05, 0.1) is 10.7 Å². The van der Waals surface area contributed by atoms with Crippen molar-refractivity contribution in [2.45, 2.75) is 6.42 Å². The molecule has 2 aromatic rings. The number of carbonyl (C=O) groups is 1. The summed E-state index contributed by atoms with van der Waals surface area (Å²) < 4.78 is 13.6. The first-order valence-corrected chi connectivity index (χ1v) is 7.05. The summed E-state index contributed by atoms with van der Waals surface area (Å²) in [7, 11) is 0. The van der Waals surface area contributed by atoms with Crippen LogP contribution in [0.4, 0.5) is 10.1 Å². The molecule has 3 rings (SSSR count). The molecule has 1 heterocycles. The summed E-state index contributed by atoms with van der Waals surface area (Å²) in [6.45, 7) is 0.